The molecule has 0 aromatic carbocycles. The summed E-state index contributed by atoms with van der Waals surface area (Å²) in [7, 11) is 1.27. The van der Waals surface area contributed by atoms with Crippen LogP contribution in [0.25, 0.3) is 0 Å². The first-order valence-corrected chi connectivity index (χ1v) is 14.9. The number of carboxylic acid groups (broad SMARTS) is 1. The van der Waals surface area contributed by atoms with Crippen molar-refractivity contribution in [1.82, 2.24) is 29.8 Å². The fourth-order valence-corrected chi connectivity index (χ4v) is 8.28. The van der Waals surface area contributed by atoms with Gasteiger partial charge < -0.3 is 25.9 Å². The number of β-lactam (4-membered cyclic amide) rings is 1. The third kappa shape index (κ3) is 5.35. The molecule has 2 amide bonds. The number of rotatable bonds is 10. The monoisotopic (exact) mass is 576 g/mol. The number of fused-ring (bicyclic) bond motifs is 1. The highest BCUT2D eigenvalue weighted by molar-refractivity contribution is 8.01. The fraction of sp³-hybridized carbons (Fsp3) is 0.529. The number of anilines is 1. The first-order valence-electron chi connectivity index (χ1n) is 9.89. The van der Waals surface area contributed by atoms with Crippen molar-refractivity contribution in [1.29, 1.82) is 0 Å². The lowest BCUT2D eigenvalue weighted by atomic mass is 9.89. The van der Waals surface area contributed by atoms with Crippen LogP contribution >= 0.6 is 58.2 Å². The van der Waals surface area contributed by atoms with Crippen LogP contribution in [0, 0.1) is 5.41 Å². The number of aromatic nitrogens is 4. The van der Waals surface area contributed by atoms with Crippen molar-refractivity contribution in [2.24, 2.45) is 10.6 Å². The van der Waals surface area contributed by atoms with E-state index in [1.165, 1.54) is 46.9 Å². The second kappa shape index (κ2) is 10.9. The number of nitrogen functional groups attached to an aromatic ring is 1. The fourth-order valence-electron chi connectivity index (χ4n) is 3.40. The number of aliphatic carboxylic acids is 1. The Kier molecular flexibility index (Phi) is 8.04. The van der Waals surface area contributed by atoms with Gasteiger partial charge in [0.25, 0.3) is 5.91 Å². The Hall–Kier alpha value is -2.15. The van der Waals surface area contributed by atoms with E-state index in [0.29, 0.717) is 4.34 Å². The van der Waals surface area contributed by atoms with Crippen molar-refractivity contribution in [3.63, 3.8) is 0 Å². The van der Waals surface area contributed by atoms with Crippen LogP contribution in [0.3, 0.4) is 0 Å². The van der Waals surface area contributed by atoms with Gasteiger partial charge in [-0.3, -0.25) is 14.4 Å². The van der Waals surface area contributed by atoms with Crippen molar-refractivity contribution in [3.8, 4) is 0 Å². The second-order valence-corrected chi connectivity index (χ2v) is 12.5. The van der Waals surface area contributed by atoms with Gasteiger partial charge in [0.2, 0.25) is 17.4 Å². The zero-order chi connectivity index (χ0) is 25.2. The van der Waals surface area contributed by atoms with E-state index in [1.807, 2.05) is 6.26 Å². The van der Waals surface area contributed by atoms with Gasteiger partial charge in [-0.1, -0.05) is 28.3 Å². The zero-order valence-electron chi connectivity index (χ0n) is 18.4. The number of carbonyl (C=O) groups excluding carboxylic acids is 2. The van der Waals surface area contributed by atoms with Gasteiger partial charge in [-0.25, -0.2) is 0 Å². The maximum atomic E-state index is 12.9. The van der Waals surface area contributed by atoms with Crippen LogP contribution in [0.4, 0.5) is 5.13 Å². The van der Waals surface area contributed by atoms with Gasteiger partial charge in [-0.05, 0) is 6.26 Å². The number of carbonyl (C=O) groups is 3. The highest BCUT2D eigenvalue weighted by atomic mass is 32.2. The minimum Gasteiger partial charge on any atom is -0.481 e. The van der Waals surface area contributed by atoms with E-state index in [9.17, 15) is 19.5 Å². The van der Waals surface area contributed by atoms with Crippen LogP contribution in [0.5, 0.6) is 0 Å². The van der Waals surface area contributed by atoms with E-state index in [4.69, 9.17) is 10.6 Å². The lowest BCUT2D eigenvalue weighted by Crippen LogP contribution is -2.74. The average molecular weight is 577 g/mol. The first kappa shape index (κ1) is 25.9. The number of nitrogens with two attached hydrogens (primary N) is 1. The van der Waals surface area contributed by atoms with Crippen molar-refractivity contribution in [2.45, 2.75) is 21.5 Å². The molecule has 2 aliphatic rings. The number of hydrogen-bond donors (Lipinski definition) is 3. The number of carboxylic acids is 1. The van der Waals surface area contributed by atoms with Crippen molar-refractivity contribution >= 4 is 86.8 Å². The first-order chi connectivity index (χ1) is 16.8. The van der Waals surface area contributed by atoms with Crippen molar-refractivity contribution in [2.75, 3.05) is 37.1 Å². The topological polar surface area (TPSA) is 186 Å². The molecule has 13 nitrogen and oxygen atoms in total. The van der Waals surface area contributed by atoms with Gasteiger partial charge >= 0.3 is 5.97 Å². The van der Waals surface area contributed by atoms with E-state index in [2.05, 4.69) is 30.0 Å². The van der Waals surface area contributed by atoms with Gasteiger partial charge in [0.15, 0.2) is 9.47 Å². The maximum absolute atomic E-state index is 12.9. The molecule has 0 bridgehead atoms. The van der Waals surface area contributed by atoms with Gasteiger partial charge in [-0.2, -0.15) is 21.1 Å². The molecule has 0 aliphatic carbocycles. The van der Waals surface area contributed by atoms with Crippen LogP contribution in [0.15, 0.2) is 9.50 Å². The summed E-state index contributed by atoms with van der Waals surface area (Å²) in [6.45, 7) is 0.0396. The van der Waals surface area contributed by atoms with Gasteiger partial charge in [0, 0.05) is 35.3 Å². The standard InChI is InChI=1S/C17H20N8O5S5/c1-30-23-8(10-20-15(18)35-24-10)11(26)19-9-12(27)25-4-17(14(28)29,5-32-13(9)25)6-33-16-22-21-7(34-16)3-31-2/h9,13H,3-6H2,1-2H3,(H,19,26)(H,28,29)(H2,18,20,24)/t9?,13-,17?/m1/s1. The molecule has 188 valence electrons. The van der Waals surface area contributed by atoms with Gasteiger partial charge in [-0.15, -0.1) is 22.0 Å². The Morgan fingerprint density at radius 2 is 2.23 bits per heavy atom. The van der Waals surface area contributed by atoms with E-state index in [-0.39, 0.29) is 40.6 Å². The molecule has 4 N–H and O–H groups in total. The number of nitrogens with one attached hydrogen (secondary N) is 1. The molecule has 0 spiro atoms. The Labute approximate surface area is 220 Å². The highest BCUT2D eigenvalue weighted by Crippen LogP contribution is 2.44. The lowest BCUT2D eigenvalue weighted by Gasteiger charge is -2.53. The number of thioether (sulfide) groups is 3. The molecule has 4 heterocycles. The number of oxime groups is 1. The molecule has 2 aromatic rings. The summed E-state index contributed by atoms with van der Waals surface area (Å²) in [4.78, 5) is 48.0. The minimum absolute atomic E-state index is 0.00828. The van der Waals surface area contributed by atoms with Crippen LogP contribution < -0.4 is 11.1 Å². The summed E-state index contributed by atoms with van der Waals surface area (Å²) in [5.74, 6) is -0.776. The predicted octanol–water partition coefficient (Wildman–Crippen LogP) is 0.448. The highest BCUT2D eigenvalue weighted by Gasteiger charge is 2.57. The van der Waals surface area contributed by atoms with E-state index in [1.54, 1.807) is 11.8 Å². The lowest BCUT2D eigenvalue weighted by molar-refractivity contribution is -0.157. The molecule has 4 rings (SSSR count). The van der Waals surface area contributed by atoms with Crippen LogP contribution in [-0.4, -0.2) is 95.9 Å². The SMILES string of the molecule is CON=C(C(=O)NC1C(=O)N2CC(CSc3nnc(CSC)s3)(C(=O)O)CS[C@H]12)c1nsc(N)n1. The summed E-state index contributed by atoms with van der Waals surface area (Å²) in [6, 6.07) is -0.831. The van der Waals surface area contributed by atoms with E-state index >= 15 is 0 Å². The predicted molar refractivity (Wildman–Crippen MR) is 136 cm³/mol. The summed E-state index contributed by atoms with van der Waals surface area (Å²) < 4.78 is 4.66. The van der Waals surface area contributed by atoms with Crippen molar-refractivity contribution < 1.29 is 24.3 Å². The summed E-state index contributed by atoms with van der Waals surface area (Å²) >= 11 is 6.62. The normalized spacial score (nSPS) is 24.0. The second-order valence-electron chi connectivity index (χ2n) is 7.47. The van der Waals surface area contributed by atoms with Crippen molar-refractivity contribution in [3.05, 3.63) is 10.8 Å². The minimum atomic E-state index is -1.15. The summed E-state index contributed by atoms with van der Waals surface area (Å²) in [6.07, 6.45) is 1.97. The molecule has 0 saturated carbocycles. The van der Waals surface area contributed by atoms with E-state index < -0.39 is 28.7 Å². The molecule has 2 fully saturated rings. The summed E-state index contributed by atoms with van der Waals surface area (Å²) in [5, 5.41) is 25.2. The molecule has 2 aliphatic heterocycles. The van der Waals surface area contributed by atoms with E-state index in [0.717, 1.165) is 22.3 Å². The molecule has 2 saturated heterocycles. The molecule has 0 radical (unpaired) electrons. The molecular formula is C17H20N8O5S5. The molecule has 2 aromatic heterocycles. The Morgan fingerprint density at radius 1 is 1.43 bits per heavy atom. The Morgan fingerprint density at radius 3 is 2.89 bits per heavy atom. The zero-order valence-corrected chi connectivity index (χ0v) is 22.4. The number of nitrogens with zero attached hydrogens (tertiary/aromatic N) is 6. The number of amides is 2. The third-order valence-electron chi connectivity index (χ3n) is 5.12. The molecular weight excluding hydrogens is 557 g/mol. The third-order valence-corrected chi connectivity index (χ3v) is 10.3. The number of hydrogen-bond acceptors (Lipinski definition) is 15. The molecule has 3 atom stereocenters. The van der Waals surface area contributed by atoms with Gasteiger partial charge in [0.05, 0.1) is 0 Å². The average Bonchev–Trinajstić information content (AvgIpc) is 3.48. The smallest absolute Gasteiger partial charge is 0.313 e. The quantitative estimate of drug-likeness (QED) is 0.153. The van der Waals surface area contributed by atoms with Crippen LogP contribution in [-0.2, 0) is 25.0 Å². The molecule has 18 heteroatoms. The Balaban J connectivity index is 1.40. The van der Waals surface area contributed by atoms with Gasteiger partial charge in [0.1, 0.15) is 28.9 Å². The largest absolute Gasteiger partial charge is 0.481 e. The summed E-state index contributed by atoms with van der Waals surface area (Å²) in [5.41, 5.74) is 4.23. The van der Waals surface area contributed by atoms with Crippen LogP contribution in [0.1, 0.15) is 10.8 Å². The Bertz CT molecular complexity index is 1160. The molecule has 2 unspecified atom stereocenters. The van der Waals surface area contributed by atoms with Crippen LogP contribution in [0.2, 0.25) is 0 Å². The molecule has 35 heavy (non-hydrogen) atoms. The maximum Gasteiger partial charge on any atom is 0.313 e.